The molecule has 2 aromatic rings. The Morgan fingerprint density at radius 1 is 1.03 bits per heavy atom. The molecule has 0 aliphatic carbocycles. The van der Waals surface area contributed by atoms with Crippen molar-refractivity contribution in [3.05, 3.63) is 52.0 Å². The molecule has 2 aliphatic heterocycles. The van der Waals surface area contributed by atoms with Crippen LogP contribution in [0.1, 0.15) is 31.7 Å². The maximum Gasteiger partial charge on any atom is 0.422 e. The number of hydrogen-bond acceptors (Lipinski definition) is 6. The van der Waals surface area contributed by atoms with Gasteiger partial charge in [-0.2, -0.15) is 0 Å². The molecule has 0 bridgehead atoms. The number of alkyl halides is 1. The van der Waals surface area contributed by atoms with Gasteiger partial charge >= 0.3 is 6.09 Å². The highest BCUT2D eigenvalue weighted by Gasteiger charge is 2.32. The van der Waals surface area contributed by atoms with Crippen LogP contribution >= 0.6 is 34.8 Å². The first-order valence-electron chi connectivity index (χ1n) is 12.2. The SMILES string of the molecule is CC(Cl)OC(=O)N1C(=O)CCc2ccc(OCCCCN3CCN(c4cccc(Cl)c4Cl)CC3)cc21. The number of nitrogens with zero attached hydrogens (tertiary/aromatic N) is 3. The minimum Gasteiger partial charge on any atom is -0.494 e. The van der Waals surface area contributed by atoms with Gasteiger partial charge in [-0.3, -0.25) is 9.69 Å². The van der Waals surface area contributed by atoms with E-state index in [1.807, 2.05) is 24.3 Å². The number of amides is 2. The smallest absolute Gasteiger partial charge is 0.422 e. The second kappa shape index (κ2) is 12.4. The third-order valence-corrected chi connectivity index (χ3v) is 7.28. The molecular weight excluding hydrogens is 525 g/mol. The number of halogens is 3. The van der Waals surface area contributed by atoms with E-state index in [0.717, 1.165) is 61.7 Å². The number of hydrogen-bond donors (Lipinski definition) is 0. The Morgan fingerprint density at radius 3 is 2.56 bits per heavy atom. The summed E-state index contributed by atoms with van der Waals surface area (Å²) in [7, 11) is 0. The molecule has 2 heterocycles. The third kappa shape index (κ3) is 6.57. The second-order valence-corrected chi connectivity index (χ2v) is 10.3. The van der Waals surface area contributed by atoms with Crippen LogP contribution in [0.2, 0.25) is 10.0 Å². The molecule has 1 atom stereocenters. The molecule has 0 radical (unpaired) electrons. The molecule has 0 aromatic heterocycles. The van der Waals surface area contributed by atoms with Gasteiger partial charge in [-0.1, -0.05) is 46.9 Å². The Kier molecular flexibility index (Phi) is 9.23. The van der Waals surface area contributed by atoms with Crippen molar-refractivity contribution < 1.29 is 19.1 Å². The summed E-state index contributed by atoms with van der Waals surface area (Å²) in [5.74, 6) is 0.312. The summed E-state index contributed by atoms with van der Waals surface area (Å²) in [5.41, 5.74) is 1.57. The minimum atomic E-state index is -0.826. The van der Waals surface area contributed by atoms with E-state index in [0.29, 0.717) is 34.5 Å². The van der Waals surface area contributed by atoms with E-state index in [9.17, 15) is 9.59 Å². The molecular formula is C26H30Cl3N3O4. The number of anilines is 2. The Labute approximate surface area is 226 Å². The van der Waals surface area contributed by atoms with Crippen molar-refractivity contribution in [3.8, 4) is 5.75 Å². The van der Waals surface area contributed by atoms with Crippen LogP contribution in [0, 0.1) is 0 Å². The largest absolute Gasteiger partial charge is 0.494 e. The predicted molar refractivity (Wildman–Crippen MR) is 144 cm³/mol. The van der Waals surface area contributed by atoms with Crippen molar-refractivity contribution in [3.63, 3.8) is 0 Å². The van der Waals surface area contributed by atoms with Crippen molar-refractivity contribution in [2.75, 3.05) is 49.1 Å². The van der Waals surface area contributed by atoms with Gasteiger partial charge in [0.05, 0.1) is 28.0 Å². The summed E-state index contributed by atoms with van der Waals surface area (Å²) in [6.45, 7) is 6.83. The summed E-state index contributed by atoms with van der Waals surface area (Å²) in [5, 5.41) is 1.20. The van der Waals surface area contributed by atoms with Crippen molar-refractivity contribution in [1.29, 1.82) is 0 Å². The fraction of sp³-hybridized carbons (Fsp3) is 0.462. The number of fused-ring (bicyclic) bond motifs is 1. The standard InChI is InChI=1S/C26H30Cl3N3O4/c1-18(27)36-26(34)32-23-17-20(9-7-19(23)8-10-24(32)33)35-16-3-2-11-30-12-14-31(15-13-30)22-6-4-5-21(28)25(22)29/h4-7,9,17-18H,2-3,8,10-16H2,1H3. The van der Waals surface area contributed by atoms with Gasteiger partial charge in [-0.25, -0.2) is 9.69 Å². The lowest BCUT2D eigenvalue weighted by Gasteiger charge is -2.36. The minimum absolute atomic E-state index is 0.249. The highest BCUT2D eigenvalue weighted by molar-refractivity contribution is 6.43. The molecule has 36 heavy (non-hydrogen) atoms. The molecule has 1 saturated heterocycles. The number of benzene rings is 2. The van der Waals surface area contributed by atoms with Gasteiger partial charge in [-0.05, 0) is 56.5 Å². The lowest BCUT2D eigenvalue weighted by atomic mass is 10.0. The summed E-state index contributed by atoms with van der Waals surface area (Å²) < 4.78 is 11.0. The quantitative estimate of drug-likeness (QED) is 0.296. The molecule has 1 fully saturated rings. The van der Waals surface area contributed by atoms with Crippen molar-refractivity contribution in [2.24, 2.45) is 0 Å². The van der Waals surface area contributed by atoms with Crippen molar-refractivity contribution >= 4 is 58.2 Å². The average Bonchev–Trinajstić information content (AvgIpc) is 2.85. The maximum absolute atomic E-state index is 12.4. The van der Waals surface area contributed by atoms with Crippen LogP contribution in [0.4, 0.5) is 16.2 Å². The van der Waals surface area contributed by atoms with E-state index in [2.05, 4.69) is 9.80 Å². The van der Waals surface area contributed by atoms with Gasteiger partial charge in [0.25, 0.3) is 0 Å². The Morgan fingerprint density at radius 2 is 1.81 bits per heavy atom. The second-order valence-electron chi connectivity index (χ2n) is 8.90. The number of ether oxygens (including phenoxy) is 2. The molecule has 7 nitrogen and oxygen atoms in total. The molecule has 194 valence electrons. The van der Waals surface area contributed by atoms with Crippen LogP contribution in [0.3, 0.4) is 0 Å². The molecule has 0 spiro atoms. The molecule has 2 aliphatic rings. The lowest BCUT2D eigenvalue weighted by molar-refractivity contribution is -0.118. The van der Waals surface area contributed by atoms with E-state index < -0.39 is 11.7 Å². The zero-order valence-electron chi connectivity index (χ0n) is 20.2. The Balaban J connectivity index is 1.22. The van der Waals surface area contributed by atoms with Crippen molar-refractivity contribution in [2.45, 2.75) is 38.2 Å². The fourth-order valence-electron chi connectivity index (χ4n) is 4.51. The maximum atomic E-state index is 12.4. The molecule has 1 unspecified atom stereocenters. The van der Waals surface area contributed by atoms with E-state index >= 15 is 0 Å². The molecule has 0 saturated carbocycles. The Hall–Kier alpha value is -2.19. The van der Waals surface area contributed by atoms with Crippen LogP contribution in [0.25, 0.3) is 0 Å². The van der Waals surface area contributed by atoms with Gasteiger partial charge in [0.1, 0.15) is 5.75 Å². The highest BCUT2D eigenvalue weighted by Crippen LogP contribution is 2.34. The average molecular weight is 555 g/mol. The number of aryl methyl sites for hydroxylation is 1. The number of carbonyl (C=O) groups excluding carboxylic acids is 2. The number of unbranched alkanes of at least 4 members (excludes halogenated alkanes) is 1. The van der Waals surface area contributed by atoms with Gasteiger partial charge in [0.2, 0.25) is 5.91 Å². The first-order chi connectivity index (χ1) is 17.3. The number of rotatable bonds is 8. The van der Waals surface area contributed by atoms with Crippen LogP contribution in [0.15, 0.2) is 36.4 Å². The van der Waals surface area contributed by atoms with Gasteiger partial charge < -0.3 is 14.4 Å². The first-order valence-corrected chi connectivity index (χ1v) is 13.4. The summed E-state index contributed by atoms with van der Waals surface area (Å²) in [4.78, 5) is 30.6. The summed E-state index contributed by atoms with van der Waals surface area (Å²) >= 11 is 18.3. The van der Waals surface area contributed by atoms with E-state index in [1.165, 1.54) is 6.92 Å². The molecule has 10 heteroatoms. The Bertz CT molecular complexity index is 1090. The van der Waals surface area contributed by atoms with Crippen LogP contribution in [-0.2, 0) is 16.0 Å². The van der Waals surface area contributed by atoms with Crippen LogP contribution in [-0.4, -0.2) is 61.8 Å². The molecule has 2 aromatic carbocycles. The van der Waals surface area contributed by atoms with Crippen LogP contribution < -0.4 is 14.5 Å². The summed E-state index contributed by atoms with van der Waals surface area (Å²) in [6, 6.07) is 11.3. The first kappa shape index (κ1) is 26.9. The third-order valence-electron chi connectivity index (χ3n) is 6.38. The number of piperazine rings is 1. The van der Waals surface area contributed by atoms with Crippen LogP contribution in [0.5, 0.6) is 5.75 Å². The molecule has 4 rings (SSSR count). The van der Waals surface area contributed by atoms with E-state index in [1.54, 1.807) is 12.1 Å². The van der Waals surface area contributed by atoms with E-state index in [4.69, 9.17) is 44.3 Å². The van der Waals surface area contributed by atoms with Gasteiger partial charge in [-0.15, -0.1) is 0 Å². The highest BCUT2D eigenvalue weighted by atomic mass is 35.5. The number of carbonyl (C=O) groups is 2. The van der Waals surface area contributed by atoms with Gasteiger partial charge in [0.15, 0.2) is 5.56 Å². The zero-order valence-corrected chi connectivity index (χ0v) is 22.5. The number of imide groups is 1. The molecule has 2 amide bonds. The lowest BCUT2D eigenvalue weighted by Crippen LogP contribution is -2.46. The van der Waals surface area contributed by atoms with E-state index in [-0.39, 0.29) is 12.3 Å². The predicted octanol–water partition coefficient (Wildman–Crippen LogP) is 5.98. The summed E-state index contributed by atoms with van der Waals surface area (Å²) in [6.07, 6.45) is 1.96. The van der Waals surface area contributed by atoms with Gasteiger partial charge in [0, 0.05) is 38.7 Å². The normalized spacial score (nSPS) is 17.1. The molecule has 0 N–H and O–H groups in total. The van der Waals surface area contributed by atoms with Crippen molar-refractivity contribution in [1.82, 2.24) is 4.90 Å². The monoisotopic (exact) mass is 553 g/mol. The fourth-order valence-corrected chi connectivity index (χ4v) is 5.00. The zero-order chi connectivity index (χ0) is 25.7. The topological polar surface area (TPSA) is 62.3 Å².